The number of nitrogens with two attached hydrogens (primary N) is 2. The highest BCUT2D eigenvalue weighted by Gasteiger charge is 2.24. The van der Waals surface area contributed by atoms with Crippen molar-refractivity contribution in [1.29, 1.82) is 0 Å². The number of benzene rings is 1. The quantitative estimate of drug-likeness (QED) is 0.188. The lowest BCUT2D eigenvalue weighted by molar-refractivity contribution is -0.131. The zero-order chi connectivity index (χ0) is 20.2. The Morgan fingerprint density at radius 2 is 1.78 bits per heavy atom. The topological polar surface area (TPSA) is 140 Å². The van der Waals surface area contributed by atoms with Crippen LogP contribution in [0.5, 0.6) is 0 Å². The van der Waals surface area contributed by atoms with E-state index in [0.717, 1.165) is 5.56 Å². The van der Waals surface area contributed by atoms with Gasteiger partial charge in [-0.1, -0.05) is 44.2 Å². The molecule has 0 bridgehead atoms. The van der Waals surface area contributed by atoms with E-state index in [9.17, 15) is 14.4 Å². The van der Waals surface area contributed by atoms with Crippen LogP contribution in [-0.4, -0.2) is 42.7 Å². The summed E-state index contributed by atoms with van der Waals surface area (Å²) in [4.78, 5) is 39.9. The van der Waals surface area contributed by atoms with Crippen LogP contribution >= 0.6 is 0 Å². The van der Waals surface area contributed by atoms with E-state index in [4.69, 9.17) is 11.5 Å². The van der Waals surface area contributed by atoms with Gasteiger partial charge in [0.2, 0.25) is 11.8 Å². The lowest BCUT2D eigenvalue weighted by Gasteiger charge is -2.22. The fourth-order valence-corrected chi connectivity index (χ4v) is 2.37. The first-order valence-electron chi connectivity index (χ1n) is 8.98. The van der Waals surface area contributed by atoms with Gasteiger partial charge in [-0.2, -0.15) is 0 Å². The molecule has 0 aliphatic rings. The molecule has 6 N–H and O–H groups in total. The van der Waals surface area contributed by atoms with E-state index in [0.29, 0.717) is 32.1 Å². The molecule has 0 heterocycles. The van der Waals surface area contributed by atoms with Crippen molar-refractivity contribution in [2.24, 2.45) is 22.4 Å². The zero-order valence-corrected chi connectivity index (χ0v) is 15.9. The summed E-state index contributed by atoms with van der Waals surface area (Å²) in [6, 6.07) is 7.95. The summed E-state index contributed by atoms with van der Waals surface area (Å²) >= 11 is 0. The molecule has 27 heavy (non-hydrogen) atoms. The van der Waals surface area contributed by atoms with E-state index >= 15 is 0 Å². The molecule has 0 aromatic heterocycles. The fraction of sp³-hybridized carbons (Fsp3) is 0.474. The van der Waals surface area contributed by atoms with Gasteiger partial charge in [-0.05, 0) is 18.4 Å². The van der Waals surface area contributed by atoms with Gasteiger partial charge in [0.25, 0.3) is 0 Å². The maximum absolute atomic E-state index is 12.7. The number of rotatable bonds is 11. The molecule has 2 atom stereocenters. The summed E-state index contributed by atoms with van der Waals surface area (Å²) in [5, 5.41) is 5.44. The van der Waals surface area contributed by atoms with Gasteiger partial charge in [0.1, 0.15) is 12.3 Å². The summed E-state index contributed by atoms with van der Waals surface area (Å²) < 4.78 is 0. The fourth-order valence-electron chi connectivity index (χ4n) is 2.37. The number of carbonyl (C=O) groups excluding carboxylic acids is 3. The van der Waals surface area contributed by atoms with Crippen LogP contribution in [-0.2, 0) is 20.8 Å². The van der Waals surface area contributed by atoms with E-state index in [1.165, 1.54) is 0 Å². The predicted octanol–water partition coefficient (Wildman–Crippen LogP) is 0.107. The Balaban J connectivity index is 2.73. The van der Waals surface area contributed by atoms with Gasteiger partial charge >= 0.3 is 0 Å². The van der Waals surface area contributed by atoms with Gasteiger partial charge in [-0.3, -0.25) is 14.6 Å². The van der Waals surface area contributed by atoms with Gasteiger partial charge < -0.3 is 26.9 Å². The number of carbonyl (C=O) groups is 3. The number of amides is 2. The third-order valence-corrected chi connectivity index (χ3v) is 3.90. The van der Waals surface area contributed by atoms with E-state index in [2.05, 4.69) is 15.6 Å². The van der Waals surface area contributed by atoms with Crippen LogP contribution in [0.1, 0.15) is 32.3 Å². The van der Waals surface area contributed by atoms with Crippen LogP contribution in [0, 0.1) is 5.92 Å². The monoisotopic (exact) mass is 375 g/mol. The Bertz CT molecular complexity index is 642. The summed E-state index contributed by atoms with van der Waals surface area (Å²) in [7, 11) is 0. The van der Waals surface area contributed by atoms with Crippen LogP contribution in [0.4, 0.5) is 0 Å². The Morgan fingerprint density at radius 1 is 1.11 bits per heavy atom. The Hall–Kier alpha value is -2.90. The molecule has 0 saturated carbocycles. The molecule has 1 aromatic carbocycles. The van der Waals surface area contributed by atoms with Crippen LogP contribution < -0.4 is 22.1 Å². The molecule has 0 saturated heterocycles. The van der Waals surface area contributed by atoms with Crippen LogP contribution in [0.3, 0.4) is 0 Å². The van der Waals surface area contributed by atoms with Gasteiger partial charge in [0.15, 0.2) is 5.96 Å². The van der Waals surface area contributed by atoms with E-state index < -0.39 is 18.0 Å². The van der Waals surface area contributed by atoms with Gasteiger partial charge in [0.05, 0.1) is 6.04 Å². The molecule has 8 nitrogen and oxygen atoms in total. The second kappa shape index (κ2) is 11.7. The maximum Gasteiger partial charge on any atom is 0.243 e. The third-order valence-electron chi connectivity index (χ3n) is 3.90. The SMILES string of the molecule is CC(C)C(=O)N[C@@H](Cc1ccccc1)C(=O)NC(C=O)CCCN=C(N)N. The maximum atomic E-state index is 12.7. The summed E-state index contributed by atoms with van der Waals surface area (Å²) in [5.74, 6) is -0.883. The van der Waals surface area contributed by atoms with Crippen molar-refractivity contribution in [3.05, 3.63) is 35.9 Å². The molecule has 2 amide bonds. The van der Waals surface area contributed by atoms with E-state index in [-0.39, 0.29) is 17.8 Å². The average molecular weight is 375 g/mol. The number of aldehydes is 1. The molecule has 0 radical (unpaired) electrons. The smallest absolute Gasteiger partial charge is 0.243 e. The highest BCUT2D eigenvalue weighted by molar-refractivity contribution is 5.89. The van der Waals surface area contributed by atoms with Crippen LogP contribution in [0.2, 0.25) is 0 Å². The number of guanidine groups is 1. The molecule has 148 valence electrons. The number of nitrogens with zero attached hydrogens (tertiary/aromatic N) is 1. The standard InChI is InChI=1S/C19H29N5O3/c1-13(2)17(26)24-16(11-14-7-4-3-5-8-14)18(27)23-15(12-25)9-6-10-22-19(20)21/h3-5,7-8,12-13,15-16H,6,9-11H2,1-2H3,(H,23,27)(H,24,26)(H4,20,21,22)/t15?,16-/m0/s1. The average Bonchev–Trinajstić information content (AvgIpc) is 2.63. The van der Waals surface area contributed by atoms with Crippen molar-refractivity contribution >= 4 is 24.1 Å². The second-order valence-corrected chi connectivity index (χ2v) is 6.61. The van der Waals surface area contributed by atoms with Crippen molar-refractivity contribution in [1.82, 2.24) is 10.6 Å². The molecule has 0 spiro atoms. The molecule has 8 heteroatoms. The van der Waals surface area contributed by atoms with E-state index in [1.807, 2.05) is 30.3 Å². The molecule has 1 aromatic rings. The minimum atomic E-state index is -0.762. The Labute approximate surface area is 159 Å². The zero-order valence-electron chi connectivity index (χ0n) is 15.9. The molecule has 0 fully saturated rings. The Kier molecular flexibility index (Phi) is 9.57. The number of hydrogen-bond donors (Lipinski definition) is 4. The summed E-state index contributed by atoms with van der Waals surface area (Å²) in [6.07, 6.45) is 1.97. The first-order chi connectivity index (χ1) is 12.8. The van der Waals surface area contributed by atoms with Crippen molar-refractivity contribution in [2.75, 3.05) is 6.54 Å². The third kappa shape index (κ3) is 8.84. The first-order valence-corrected chi connectivity index (χ1v) is 8.98. The highest BCUT2D eigenvalue weighted by Crippen LogP contribution is 2.06. The summed E-state index contributed by atoms with van der Waals surface area (Å²) in [6.45, 7) is 3.88. The lowest BCUT2D eigenvalue weighted by Crippen LogP contribution is -2.51. The minimum Gasteiger partial charge on any atom is -0.370 e. The normalized spacial score (nSPS) is 12.7. The molecule has 1 unspecified atom stereocenters. The predicted molar refractivity (Wildman–Crippen MR) is 105 cm³/mol. The lowest BCUT2D eigenvalue weighted by atomic mass is 10.0. The molecular formula is C19H29N5O3. The largest absolute Gasteiger partial charge is 0.370 e. The van der Waals surface area contributed by atoms with Crippen molar-refractivity contribution < 1.29 is 14.4 Å². The minimum absolute atomic E-state index is 0.0130. The molecule has 1 rings (SSSR count). The molecular weight excluding hydrogens is 346 g/mol. The van der Waals surface area contributed by atoms with E-state index in [1.54, 1.807) is 13.8 Å². The van der Waals surface area contributed by atoms with Gasteiger partial charge in [0, 0.05) is 18.9 Å². The number of nitrogens with one attached hydrogen (secondary N) is 2. The molecule has 0 aliphatic carbocycles. The summed E-state index contributed by atoms with van der Waals surface area (Å²) in [5.41, 5.74) is 11.4. The van der Waals surface area contributed by atoms with Crippen molar-refractivity contribution in [2.45, 2.75) is 45.2 Å². The Morgan fingerprint density at radius 3 is 2.33 bits per heavy atom. The number of aliphatic imine (C=N–C) groups is 1. The van der Waals surface area contributed by atoms with Crippen molar-refractivity contribution in [3.63, 3.8) is 0 Å². The number of hydrogen-bond acceptors (Lipinski definition) is 4. The van der Waals surface area contributed by atoms with Crippen LogP contribution in [0.15, 0.2) is 35.3 Å². The van der Waals surface area contributed by atoms with Gasteiger partial charge in [-0.15, -0.1) is 0 Å². The second-order valence-electron chi connectivity index (χ2n) is 6.61. The first kappa shape index (κ1) is 22.1. The van der Waals surface area contributed by atoms with Crippen molar-refractivity contribution in [3.8, 4) is 0 Å². The highest BCUT2D eigenvalue weighted by atomic mass is 16.2. The van der Waals surface area contributed by atoms with Gasteiger partial charge in [-0.25, -0.2) is 0 Å². The molecule has 0 aliphatic heterocycles. The van der Waals surface area contributed by atoms with Crippen LogP contribution in [0.25, 0.3) is 0 Å².